The van der Waals surface area contributed by atoms with E-state index in [1.807, 2.05) is 0 Å². The number of H-pyrrole nitrogens is 1. The summed E-state index contributed by atoms with van der Waals surface area (Å²) < 4.78 is 45.9. The van der Waals surface area contributed by atoms with Crippen LogP contribution in [0.5, 0.6) is 5.75 Å². The molecule has 13 heteroatoms. The molecule has 2 N–H and O–H groups in total. The number of amides is 3. The number of carbonyl (C=O) groups is 3. The molecule has 0 radical (unpaired) electrons. The van der Waals surface area contributed by atoms with Gasteiger partial charge in [-0.15, -0.1) is 0 Å². The lowest BCUT2D eigenvalue weighted by molar-refractivity contribution is -0.137. The first-order valence-corrected chi connectivity index (χ1v) is 14.3. The van der Waals surface area contributed by atoms with E-state index in [-0.39, 0.29) is 10.6 Å². The van der Waals surface area contributed by atoms with Crippen molar-refractivity contribution in [1.29, 1.82) is 0 Å². The summed E-state index contributed by atoms with van der Waals surface area (Å²) in [6.07, 6.45) is -4.67. The number of fused-ring (bicyclic) bond motifs is 2. The zero-order valence-corrected chi connectivity index (χ0v) is 23.0. The van der Waals surface area contributed by atoms with Crippen molar-refractivity contribution in [2.45, 2.75) is 22.4 Å². The van der Waals surface area contributed by atoms with Gasteiger partial charge in [0, 0.05) is 16.4 Å². The second-order valence-corrected chi connectivity index (χ2v) is 11.7. The van der Waals surface area contributed by atoms with Gasteiger partial charge in [0.05, 0.1) is 27.9 Å². The Morgan fingerprint density at radius 2 is 1.62 bits per heavy atom. The molecule has 1 fully saturated rings. The molecule has 42 heavy (non-hydrogen) atoms. The lowest BCUT2D eigenvalue weighted by Gasteiger charge is -2.30. The number of para-hydroxylation sites is 3. The maximum absolute atomic E-state index is 13.9. The molecule has 214 valence electrons. The number of hydrogen-bond donors (Lipinski definition) is 2. The lowest BCUT2D eigenvalue weighted by atomic mass is 9.82. The first-order valence-electron chi connectivity index (χ1n) is 12.6. The van der Waals surface area contributed by atoms with E-state index in [0.29, 0.717) is 21.2 Å². The average Bonchev–Trinajstić information content (AvgIpc) is 3.46. The number of alkyl halides is 3. The van der Waals surface area contributed by atoms with E-state index in [4.69, 9.17) is 4.74 Å². The van der Waals surface area contributed by atoms with E-state index in [1.54, 1.807) is 54.6 Å². The Bertz CT molecular complexity index is 1750. The number of rotatable bonds is 6. The van der Waals surface area contributed by atoms with Crippen LogP contribution in [0.4, 0.5) is 24.5 Å². The molecule has 4 aromatic rings. The Balaban J connectivity index is 1.32. The number of nitrogens with one attached hydrogen (secondary N) is 2. The van der Waals surface area contributed by atoms with E-state index >= 15 is 0 Å². The number of carbonyl (C=O) groups excluding carboxylic acids is 3. The van der Waals surface area contributed by atoms with Crippen LogP contribution in [-0.4, -0.2) is 34.6 Å². The van der Waals surface area contributed by atoms with Crippen LogP contribution in [0.3, 0.4) is 0 Å². The quantitative estimate of drug-likeness (QED) is 0.288. The third kappa shape index (κ3) is 4.98. The summed E-state index contributed by atoms with van der Waals surface area (Å²) in [6, 6.07) is 19.7. The van der Waals surface area contributed by atoms with Crippen molar-refractivity contribution >= 4 is 52.2 Å². The number of ether oxygens (including phenoxy) is 1. The first kappa shape index (κ1) is 27.8. The highest BCUT2D eigenvalue weighted by Crippen LogP contribution is 2.54. The minimum absolute atomic E-state index is 0.192. The van der Waals surface area contributed by atoms with Gasteiger partial charge in [0.1, 0.15) is 11.0 Å². The Morgan fingerprint density at radius 1 is 0.929 bits per heavy atom. The summed E-state index contributed by atoms with van der Waals surface area (Å²) >= 11 is 2.06. The predicted molar refractivity (Wildman–Crippen MR) is 151 cm³/mol. The van der Waals surface area contributed by atoms with Crippen LogP contribution >= 0.6 is 23.1 Å². The molecular formula is C29H20F3N3O5S2. The van der Waals surface area contributed by atoms with Crippen molar-refractivity contribution in [2.75, 3.05) is 16.8 Å². The van der Waals surface area contributed by atoms with Crippen LogP contribution in [0, 0.1) is 5.92 Å². The SMILES string of the molecule is O=C(COc1ccccc1[C@H]1c2sc(=O)[nH]c2SC2C(=O)N(c3ccccc3)C(=O)C21)Nc1ccccc1C(F)(F)F. The van der Waals surface area contributed by atoms with Crippen molar-refractivity contribution in [2.24, 2.45) is 5.92 Å². The second kappa shape index (κ2) is 10.8. The largest absolute Gasteiger partial charge is 0.483 e. The molecule has 0 aliphatic carbocycles. The van der Waals surface area contributed by atoms with Crippen molar-refractivity contribution in [1.82, 2.24) is 4.98 Å². The summed E-state index contributed by atoms with van der Waals surface area (Å²) in [6.45, 7) is -0.627. The van der Waals surface area contributed by atoms with E-state index in [2.05, 4.69) is 10.3 Å². The second-order valence-electron chi connectivity index (χ2n) is 9.52. The number of nitrogens with zero attached hydrogens (tertiary/aromatic N) is 1. The smallest absolute Gasteiger partial charge is 0.418 e. The molecule has 1 aromatic heterocycles. The monoisotopic (exact) mass is 611 g/mol. The van der Waals surface area contributed by atoms with Gasteiger partial charge in [0.2, 0.25) is 11.8 Å². The highest BCUT2D eigenvalue weighted by molar-refractivity contribution is 8.00. The number of benzene rings is 3. The Hall–Kier alpha value is -4.36. The third-order valence-corrected chi connectivity index (χ3v) is 9.36. The maximum Gasteiger partial charge on any atom is 0.418 e. The van der Waals surface area contributed by atoms with Crippen molar-refractivity contribution in [3.05, 3.63) is 105 Å². The van der Waals surface area contributed by atoms with E-state index < -0.39 is 58.8 Å². The molecule has 2 aliphatic rings. The Labute approximate surface area is 244 Å². The summed E-state index contributed by atoms with van der Waals surface area (Å²) in [4.78, 5) is 56.6. The highest BCUT2D eigenvalue weighted by atomic mass is 32.2. The van der Waals surface area contributed by atoms with Gasteiger partial charge in [0.15, 0.2) is 6.61 Å². The van der Waals surface area contributed by atoms with Gasteiger partial charge >= 0.3 is 11.0 Å². The number of thiazole rings is 1. The van der Waals surface area contributed by atoms with Gasteiger partial charge in [-0.25, -0.2) is 4.90 Å². The van der Waals surface area contributed by atoms with Crippen LogP contribution in [-0.2, 0) is 20.6 Å². The number of aromatic amines is 1. The molecule has 0 spiro atoms. The van der Waals surface area contributed by atoms with Gasteiger partial charge < -0.3 is 15.0 Å². The minimum atomic E-state index is -4.67. The predicted octanol–water partition coefficient (Wildman–Crippen LogP) is 5.27. The third-order valence-electron chi connectivity index (χ3n) is 6.96. The van der Waals surface area contributed by atoms with Gasteiger partial charge in [-0.3, -0.25) is 19.2 Å². The molecule has 6 rings (SSSR count). The van der Waals surface area contributed by atoms with Crippen molar-refractivity contribution < 1.29 is 32.3 Å². The first-order chi connectivity index (χ1) is 20.1. The Kier molecular flexibility index (Phi) is 7.15. The van der Waals surface area contributed by atoms with E-state index in [0.717, 1.165) is 40.1 Å². The molecule has 3 heterocycles. The van der Waals surface area contributed by atoms with Crippen molar-refractivity contribution in [3.8, 4) is 5.75 Å². The molecule has 0 saturated carbocycles. The molecule has 8 nitrogen and oxygen atoms in total. The zero-order chi connectivity index (χ0) is 29.6. The summed E-state index contributed by atoms with van der Waals surface area (Å²) in [5.41, 5.74) is -0.508. The van der Waals surface area contributed by atoms with Crippen molar-refractivity contribution in [3.63, 3.8) is 0 Å². The zero-order valence-electron chi connectivity index (χ0n) is 21.4. The number of aromatic nitrogens is 1. The van der Waals surface area contributed by atoms with Gasteiger partial charge in [-0.05, 0) is 30.3 Å². The van der Waals surface area contributed by atoms with Crippen LogP contribution in [0.1, 0.15) is 21.9 Å². The van der Waals surface area contributed by atoms with Crippen LogP contribution in [0.2, 0.25) is 0 Å². The summed E-state index contributed by atoms with van der Waals surface area (Å²) in [7, 11) is 0. The van der Waals surface area contributed by atoms with Crippen LogP contribution < -0.4 is 19.8 Å². The number of hydrogen-bond acceptors (Lipinski definition) is 7. The fraction of sp³-hybridized carbons (Fsp3) is 0.172. The fourth-order valence-corrected chi connectivity index (χ4v) is 7.73. The normalized spacial score (nSPS) is 19.8. The molecule has 1 saturated heterocycles. The molecular weight excluding hydrogens is 591 g/mol. The number of thioether (sulfide) groups is 1. The van der Waals surface area contributed by atoms with E-state index in [9.17, 15) is 32.3 Å². The van der Waals surface area contributed by atoms with Crippen LogP contribution in [0.15, 0.2) is 88.7 Å². The molecule has 2 aliphatic heterocycles. The van der Waals surface area contributed by atoms with E-state index in [1.165, 1.54) is 12.1 Å². The average molecular weight is 612 g/mol. The Morgan fingerprint density at radius 3 is 2.38 bits per heavy atom. The number of halogens is 3. The maximum atomic E-state index is 13.9. The standard InChI is InChI=1S/C29H20F3N3O5S2/c30-29(31,32)17-11-5-6-12-18(17)33-20(36)14-40-19-13-7-4-10-16(19)21-22-24(41-25-23(21)42-28(39)34-25)27(38)35(26(22)37)15-8-2-1-3-9-15/h1-13,21-22,24H,14H2,(H,33,36)(H,34,39)/t21-,22?,24?/m1/s1. The topological polar surface area (TPSA) is 109 Å². The summed E-state index contributed by atoms with van der Waals surface area (Å²) in [5, 5.41) is 1.89. The molecule has 2 unspecified atom stereocenters. The molecule has 0 bridgehead atoms. The van der Waals surface area contributed by atoms with Crippen LogP contribution in [0.25, 0.3) is 0 Å². The van der Waals surface area contributed by atoms with Gasteiger partial charge in [0.25, 0.3) is 5.91 Å². The molecule has 3 aromatic carbocycles. The number of anilines is 2. The summed E-state index contributed by atoms with van der Waals surface area (Å²) in [5.74, 6) is -3.11. The molecule has 3 amide bonds. The number of imide groups is 1. The lowest BCUT2D eigenvalue weighted by Crippen LogP contribution is -2.32. The van der Waals surface area contributed by atoms with Gasteiger partial charge in [-0.2, -0.15) is 13.2 Å². The molecule has 3 atom stereocenters. The van der Waals surface area contributed by atoms with Gasteiger partial charge in [-0.1, -0.05) is 71.6 Å². The fourth-order valence-electron chi connectivity index (χ4n) is 5.22. The minimum Gasteiger partial charge on any atom is -0.483 e. The highest BCUT2D eigenvalue weighted by Gasteiger charge is 2.56.